The van der Waals surface area contributed by atoms with E-state index in [-0.39, 0.29) is 12.0 Å². The van der Waals surface area contributed by atoms with Gasteiger partial charge < -0.3 is 5.73 Å². The lowest BCUT2D eigenvalue weighted by Gasteiger charge is -2.22. The van der Waals surface area contributed by atoms with Crippen LogP contribution in [0.5, 0.6) is 0 Å². The zero-order valence-electron chi connectivity index (χ0n) is 13.4. The van der Waals surface area contributed by atoms with Gasteiger partial charge in [-0.15, -0.1) is 0 Å². The highest BCUT2D eigenvalue weighted by atomic mass is 32.2. The minimum atomic E-state index is -3.50. The highest BCUT2D eigenvalue weighted by Gasteiger charge is 2.32. The van der Waals surface area contributed by atoms with Crippen LogP contribution in [-0.4, -0.2) is 21.0 Å². The smallest absolute Gasteiger partial charge is 0.241 e. The molecule has 0 aliphatic heterocycles. The molecule has 1 fully saturated rings. The lowest BCUT2D eigenvalue weighted by atomic mass is 10.0. The lowest BCUT2D eigenvalue weighted by molar-refractivity contribution is 0.452. The summed E-state index contributed by atoms with van der Waals surface area (Å²) in [5, 5.41) is 0. The number of rotatable bonds is 4. The van der Waals surface area contributed by atoms with E-state index in [1.54, 1.807) is 0 Å². The fourth-order valence-corrected chi connectivity index (χ4v) is 5.27. The molecule has 5 heteroatoms. The van der Waals surface area contributed by atoms with Crippen LogP contribution in [0.15, 0.2) is 11.0 Å². The number of benzene rings is 1. The Kier molecular flexibility index (Phi) is 4.76. The zero-order chi connectivity index (χ0) is 15.8. The van der Waals surface area contributed by atoms with E-state index in [9.17, 15) is 8.42 Å². The van der Waals surface area contributed by atoms with E-state index in [0.717, 1.165) is 41.5 Å². The quantitative estimate of drug-likeness (QED) is 0.896. The van der Waals surface area contributed by atoms with E-state index in [4.69, 9.17) is 5.73 Å². The molecule has 4 nitrogen and oxygen atoms in total. The Morgan fingerprint density at radius 1 is 1.14 bits per heavy atom. The van der Waals surface area contributed by atoms with Gasteiger partial charge in [0.15, 0.2) is 0 Å². The number of hydrogen-bond acceptors (Lipinski definition) is 3. The summed E-state index contributed by atoms with van der Waals surface area (Å²) in [5.74, 6) is 0.256. The summed E-state index contributed by atoms with van der Waals surface area (Å²) in [6, 6.07) is 2.02. The van der Waals surface area contributed by atoms with Crippen LogP contribution in [-0.2, 0) is 10.0 Å². The summed E-state index contributed by atoms with van der Waals surface area (Å²) in [6.07, 6.45) is 2.93. The van der Waals surface area contributed by atoms with Crippen LogP contribution in [0.2, 0.25) is 0 Å². The maximum atomic E-state index is 12.8. The van der Waals surface area contributed by atoms with Gasteiger partial charge in [0.05, 0.1) is 4.90 Å². The molecule has 0 radical (unpaired) electrons. The molecule has 1 aliphatic carbocycles. The highest BCUT2D eigenvalue weighted by molar-refractivity contribution is 7.89. The number of nitrogens with one attached hydrogen (secondary N) is 1. The number of aryl methyl sites for hydroxylation is 2. The summed E-state index contributed by atoms with van der Waals surface area (Å²) >= 11 is 0. The maximum absolute atomic E-state index is 12.8. The van der Waals surface area contributed by atoms with Crippen LogP contribution < -0.4 is 10.5 Å². The largest absolute Gasteiger partial charge is 0.330 e. The molecule has 2 unspecified atom stereocenters. The topological polar surface area (TPSA) is 72.2 Å². The van der Waals surface area contributed by atoms with Crippen molar-refractivity contribution in [3.05, 3.63) is 28.3 Å². The van der Waals surface area contributed by atoms with Crippen molar-refractivity contribution in [1.82, 2.24) is 4.72 Å². The molecule has 0 saturated heterocycles. The molecule has 0 amide bonds. The molecule has 1 aliphatic rings. The van der Waals surface area contributed by atoms with E-state index < -0.39 is 10.0 Å². The molecule has 0 heterocycles. The van der Waals surface area contributed by atoms with Gasteiger partial charge in [0.25, 0.3) is 0 Å². The molecule has 2 atom stereocenters. The van der Waals surface area contributed by atoms with Gasteiger partial charge in [-0.1, -0.05) is 12.5 Å². The Hall–Kier alpha value is -0.910. The number of sulfonamides is 1. The summed E-state index contributed by atoms with van der Waals surface area (Å²) in [7, 11) is -3.50. The second kappa shape index (κ2) is 6.07. The van der Waals surface area contributed by atoms with Crippen LogP contribution in [0.25, 0.3) is 0 Å². The van der Waals surface area contributed by atoms with Crippen molar-refractivity contribution in [2.75, 3.05) is 6.54 Å². The van der Waals surface area contributed by atoms with Crippen molar-refractivity contribution >= 4 is 10.0 Å². The fourth-order valence-electron chi connectivity index (χ4n) is 3.32. The second-order valence-corrected chi connectivity index (χ2v) is 7.89. The zero-order valence-corrected chi connectivity index (χ0v) is 14.2. The molecular weight excluding hydrogens is 284 g/mol. The summed E-state index contributed by atoms with van der Waals surface area (Å²) < 4.78 is 28.6. The molecule has 1 aromatic carbocycles. The first kappa shape index (κ1) is 16.5. The predicted molar refractivity (Wildman–Crippen MR) is 85.9 cm³/mol. The number of nitrogens with two attached hydrogens (primary N) is 1. The van der Waals surface area contributed by atoms with Crippen LogP contribution in [0.4, 0.5) is 0 Å². The Labute approximate surface area is 128 Å². The Morgan fingerprint density at radius 3 is 2.24 bits per heavy atom. The van der Waals surface area contributed by atoms with Crippen molar-refractivity contribution in [2.24, 2.45) is 11.7 Å². The normalized spacial score (nSPS) is 22.7. The van der Waals surface area contributed by atoms with Crippen molar-refractivity contribution in [3.63, 3.8) is 0 Å². The van der Waals surface area contributed by atoms with E-state index in [1.165, 1.54) is 0 Å². The minimum Gasteiger partial charge on any atom is -0.330 e. The molecule has 118 valence electrons. The van der Waals surface area contributed by atoms with Crippen molar-refractivity contribution < 1.29 is 8.42 Å². The average Bonchev–Trinajstić information content (AvgIpc) is 2.82. The second-order valence-electron chi connectivity index (χ2n) is 6.24. The van der Waals surface area contributed by atoms with Gasteiger partial charge in [-0.05, 0) is 75.3 Å². The van der Waals surface area contributed by atoms with Crippen LogP contribution in [0, 0.1) is 33.6 Å². The SMILES string of the molecule is Cc1cc(C)c(C)c(S(=O)(=O)NC2CCCC2CN)c1C. The van der Waals surface area contributed by atoms with Crippen molar-refractivity contribution in [1.29, 1.82) is 0 Å². The molecule has 1 saturated carbocycles. The Balaban J connectivity index is 2.41. The average molecular weight is 310 g/mol. The van der Waals surface area contributed by atoms with E-state index in [2.05, 4.69) is 4.72 Å². The minimum absolute atomic E-state index is 0.0281. The van der Waals surface area contributed by atoms with Gasteiger partial charge in [-0.25, -0.2) is 13.1 Å². The standard InChI is InChI=1S/C16H26N2O2S/c1-10-8-11(2)13(4)16(12(10)3)21(19,20)18-15-7-5-6-14(15)9-17/h8,14-15,18H,5-7,9,17H2,1-4H3. The van der Waals surface area contributed by atoms with Gasteiger partial charge in [-0.3, -0.25) is 0 Å². The third-order valence-corrected chi connectivity index (χ3v) is 6.60. The van der Waals surface area contributed by atoms with E-state index >= 15 is 0 Å². The first-order valence-electron chi connectivity index (χ1n) is 7.57. The van der Waals surface area contributed by atoms with Crippen molar-refractivity contribution in [3.8, 4) is 0 Å². The first-order chi connectivity index (χ1) is 9.77. The van der Waals surface area contributed by atoms with Crippen LogP contribution >= 0.6 is 0 Å². The summed E-state index contributed by atoms with van der Waals surface area (Å²) in [4.78, 5) is 0.447. The predicted octanol–water partition coefficient (Wildman–Crippen LogP) is 2.33. The molecule has 0 spiro atoms. The third-order valence-electron chi connectivity index (χ3n) is 4.83. The van der Waals surface area contributed by atoms with Gasteiger partial charge in [0, 0.05) is 6.04 Å². The van der Waals surface area contributed by atoms with Crippen molar-refractivity contribution in [2.45, 2.75) is 57.9 Å². The van der Waals surface area contributed by atoms with E-state index in [0.29, 0.717) is 11.4 Å². The first-order valence-corrected chi connectivity index (χ1v) is 9.06. The van der Waals surface area contributed by atoms with Gasteiger partial charge in [-0.2, -0.15) is 0 Å². The van der Waals surface area contributed by atoms with E-state index in [1.807, 2.05) is 33.8 Å². The maximum Gasteiger partial charge on any atom is 0.241 e. The number of hydrogen-bond donors (Lipinski definition) is 2. The third kappa shape index (κ3) is 3.15. The Morgan fingerprint density at radius 2 is 1.71 bits per heavy atom. The molecule has 2 rings (SSSR count). The van der Waals surface area contributed by atoms with Crippen LogP contribution in [0.3, 0.4) is 0 Å². The van der Waals surface area contributed by atoms with Gasteiger partial charge in [0.2, 0.25) is 10.0 Å². The highest BCUT2D eigenvalue weighted by Crippen LogP contribution is 2.29. The Bertz CT molecular complexity index is 612. The summed E-state index contributed by atoms with van der Waals surface area (Å²) in [6.45, 7) is 8.22. The molecule has 0 bridgehead atoms. The molecule has 1 aromatic rings. The monoisotopic (exact) mass is 310 g/mol. The van der Waals surface area contributed by atoms with Crippen LogP contribution in [0.1, 0.15) is 41.5 Å². The lowest BCUT2D eigenvalue weighted by Crippen LogP contribution is -2.40. The fraction of sp³-hybridized carbons (Fsp3) is 0.625. The molecule has 0 aromatic heterocycles. The molecule has 3 N–H and O–H groups in total. The summed E-state index contributed by atoms with van der Waals surface area (Å²) in [5.41, 5.74) is 9.46. The molecular formula is C16H26N2O2S. The van der Waals surface area contributed by atoms with Gasteiger partial charge in [0.1, 0.15) is 0 Å². The van der Waals surface area contributed by atoms with Gasteiger partial charge >= 0.3 is 0 Å². The molecule has 21 heavy (non-hydrogen) atoms.